The predicted octanol–water partition coefficient (Wildman–Crippen LogP) is 4.41. The van der Waals surface area contributed by atoms with E-state index in [1.807, 2.05) is 48.5 Å². The number of methoxy groups -OCH3 is 1. The maximum Gasteiger partial charge on any atom is 0.213 e. The van der Waals surface area contributed by atoms with Gasteiger partial charge in [0.15, 0.2) is 0 Å². The molecule has 3 rings (SSSR count). The highest BCUT2D eigenvalue weighted by Crippen LogP contribution is 2.26. The molecule has 0 aliphatic heterocycles. The van der Waals surface area contributed by atoms with E-state index in [0.29, 0.717) is 24.0 Å². The zero-order chi connectivity index (χ0) is 17.6. The average molecular weight is 355 g/mol. The van der Waals surface area contributed by atoms with E-state index in [1.54, 1.807) is 19.2 Å². The first kappa shape index (κ1) is 17.3. The van der Waals surface area contributed by atoms with Crippen molar-refractivity contribution in [1.82, 2.24) is 10.3 Å². The van der Waals surface area contributed by atoms with Gasteiger partial charge in [0.05, 0.1) is 12.8 Å². The first-order valence-electron chi connectivity index (χ1n) is 7.94. The van der Waals surface area contributed by atoms with E-state index in [1.165, 1.54) is 0 Å². The Morgan fingerprint density at radius 2 is 1.88 bits per heavy atom. The summed E-state index contributed by atoms with van der Waals surface area (Å²) in [7, 11) is 1.59. The molecule has 25 heavy (non-hydrogen) atoms. The van der Waals surface area contributed by atoms with E-state index in [4.69, 9.17) is 16.3 Å². The van der Waals surface area contributed by atoms with Crippen molar-refractivity contribution in [3.8, 4) is 22.9 Å². The lowest BCUT2D eigenvalue weighted by Gasteiger charge is -2.10. The number of pyridine rings is 1. The number of hydrogen-bond acceptors (Lipinski definition) is 4. The molecular weight excluding hydrogens is 336 g/mol. The maximum atomic E-state index is 10.1. The van der Waals surface area contributed by atoms with Crippen LogP contribution in [0.25, 0.3) is 11.3 Å². The molecule has 3 aromatic rings. The van der Waals surface area contributed by atoms with Crippen molar-refractivity contribution in [2.24, 2.45) is 0 Å². The third-order valence-electron chi connectivity index (χ3n) is 3.84. The normalized spacial score (nSPS) is 10.6. The van der Waals surface area contributed by atoms with Crippen LogP contribution in [0.2, 0.25) is 5.02 Å². The van der Waals surface area contributed by atoms with Crippen LogP contribution in [0.5, 0.6) is 11.6 Å². The Hall–Kier alpha value is -2.56. The fourth-order valence-corrected chi connectivity index (χ4v) is 2.78. The van der Waals surface area contributed by atoms with Crippen molar-refractivity contribution < 1.29 is 9.84 Å². The number of ether oxygens (including phenoxy) is 1. The highest BCUT2D eigenvalue weighted by Gasteiger charge is 2.07. The molecule has 0 unspecified atom stereocenters. The Labute approximate surface area is 152 Å². The van der Waals surface area contributed by atoms with Gasteiger partial charge in [0, 0.05) is 35.3 Å². The molecule has 0 bridgehead atoms. The Morgan fingerprint density at radius 1 is 1.04 bits per heavy atom. The predicted molar refractivity (Wildman–Crippen MR) is 99.9 cm³/mol. The number of nitrogens with zero attached hydrogens (tertiary/aromatic N) is 1. The Balaban J connectivity index is 1.73. The number of phenolic OH excluding ortho intramolecular Hbond substituents is 1. The minimum absolute atomic E-state index is 0.255. The second-order valence-electron chi connectivity index (χ2n) is 5.64. The molecular formula is C20H19ClN2O2. The third kappa shape index (κ3) is 4.50. The molecule has 128 valence electrons. The maximum absolute atomic E-state index is 10.1. The number of hydrogen-bond donors (Lipinski definition) is 2. The second-order valence-corrected chi connectivity index (χ2v) is 6.08. The van der Waals surface area contributed by atoms with Gasteiger partial charge < -0.3 is 15.2 Å². The lowest BCUT2D eigenvalue weighted by molar-refractivity contribution is 0.398. The van der Waals surface area contributed by atoms with Crippen molar-refractivity contribution in [2.75, 3.05) is 7.11 Å². The largest absolute Gasteiger partial charge is 0.508 e. The summed E-state index contributed by atoms with van der Waals surface area (Å²) in [6, 6.07) is 18.8. The Morgan fingerprint density at radius 3 is 2.68 bits per heavy atom. The minimum Gasteiger partial charge on any atom is -0.508 e. The summed E-state index contributed by atoms with van der Waals surface area (Å²) >= 11 is 5.99. The molecule has 0 spiro atoms. The summed E-state index contributed by atoms with van der Waals surface area (Å²) in [5.74, 6) is 0.816. The summed E-state index contributed by atoms with van der Waals surface area (Å²) in [6.45, 7) is 1.21. The van der Waals surface area contributed by atoms with Crippen LogP contribution in [0.3, 0.4) is 0 Å². The molecule has 0 atom stereocenters. The summed E-state index contributed by atoms with van der Waals surface area (Å²) in [4.78, 5) is 4.43. The zero-order valence-electron chi connectivity index (χ0n) is 13.9. The minimum atomic E-state index is 0.255. The SMILES string of the molecule is COc1cccc(-c2ccc(O)c(CNCc3cccc(Cl)c3)c2)n1. The number of halogens is 1. The first-order valence-corrected chi connectivity index (χ1v) is 8.32. The van der Waals surface area contributed by atoms with E-state index in [9.17, 15) is 5.11 Å². The van der Waals surface area contributed by atoms with Crippen LogP contribution < -0.4 is 10.1 Å². The first-order chi connectivity index (χ1) is 12.2. The number of phenols is 1. The average Bonchev–Trinajstić information content (AvgIpc) is 2.63. The van der Waals surface area contributed by atoms with Crippen LogP contribution in [-0.2, 0) is 13.1 Å². The van der Waals surface area contributed by atoms with E-state index in [0.717, 1.165) is 22.4 Å². The Bertz CT molecular complexity index is 868. The topological polar surface area (TPSA) is 54.4 Å². The van der Waals surface area contributed by atoms with Gasteiger partial charge in [-0.1, -0.05) is 29.8 Å². The van der Waals surface area contributed by atoms with Crippen molar-refractivity contribution in [3.05, 3.63) is 76.8 Å². The van der Waals surface area contributed by atoms with E-state index in [-0.39, 0.29) is 5.75 Å². The fourth-order valence-electron chi connectivity index (χ4n) is 2.56. The van der Waals surface area contributed by atoms with Crippen LogP contribution in [0.1, 0.15) is 11.1 Å². The van der Waals surface area contributed by atoms with E-state index < -0.39 is 0 Å². The van der Waals surface area contributed by atoms with Crippen molar-refractivity contribution >= 4 is 11.6 Å². The molecule has 0 saturated heterocycles. The van der Waals surface area contributed by atoms with Gasteiger partial charge in [-0.2, -0.15) is 0 Å². The highest BCUT2D eigenvalue weighted by atomic mass is 35.5. The monoisotopic (exact) mass is 354 g/mol. The highest BCUT2D eigenvalue weighted by molar-refractivity contribution is 6.30. The standard InChI is InChI=1S/C20H19ClN2O2/c1-25-20-7-3-6-18(23-20)15-8-9-19(24)16(11-15)13-22-12-14-4-2-5-17(21)10-14/h2-11,22,24H,12-13H2,1H3. The molecule has 0 amide bonds. The van der Waals surface area contributed by atoms with Gasteiger partial charge >= 0.3 is 0 Å². The Kier molecular flexibility index (Phi) is 5.53. The summed E-state index contributed by atoms with van der Waals surface area (Å²) in [5, 5.41) is 14.2. The lowest BCUT2D eigenvalue weighted by Crippen LogP contribution is -2.12. The van der Waals surface area contributed by atoms with Crippen molar-refractivity contribution in [2.45, 2.75) is 13.1 Å². The van der Waals surface area contributed by atoms with Crippen LogP contribution in [-0.4, -0.2) is 17.2 Å². The van der Waals surface area contributed by atoms with Crippen LogP contribution in [0.4, 0.5) is 0 Å². The smallest absolute Gasteiger partial charge is 0.213 e. The van der Waals surface area contributed by atoms with Gasteiger partial charge in [-0.15, -0.1) is 0 Å². The van der Waals surface area contributed by atoms with Crippen molar-refractivity contribution in [3.63, 3.8) is 0 Å². The second kappa shape index (κ2) is 8.01. The number of nitrogens with one attached hydrogen (secondary N) is 1. The number of aromatic hydroxyl groups is 1. The fraction of sp³-hybridized carbons (Fsp3) is 0.150. The van der Waals surface area contributed by atoms with Gasteiger partial charge in [0.1, 0.15) is 5.75 Å². The molecule has 4 nitrogen and oxygen atoms in total. The van der Waals surface area contributed by atoms with Crippen LogP contribution >= 0.6 is 11.6 Å². The molecule has 5 heteroatoms. The quantitative estimate of drug-likeness (QED) is 0.688. The summed E-state index contributed by atoms with van der Waals surface area (Å²) < 4.78 is 5.17. The van der Waals surface area contributed by atoms with Gasteiger partial charge in [-0.3, -0.25) is 0 Å². The molecule has 2 aromatic carbocycles. The number of rotatable bonds is 6. The van der Waals surface area contributed by atoms with Gasteiger partial charge in [-0.05, 0) is 42.0 Å². The number of aromatic nitrogens is 1. The molecule has 1 aromatic heterocycles. The van der Waals surface area contributed by atoms with Crippen molar-refractivity contribution in [1.29, 1.82) is 0 Å². The van der Waals surface area contributed by atoms with E-state index in [2.05, 4.69) is 10.3 Å². The molecule has 2 N–H and O–H groups in total. The van der Waals surface area contributed by atoms with Gasteiger partial charge in [0.2, 0.25) is 5.88 Å². The van der Waals surface area contributed by atoms with Crippen LogP contribution in [0, 0.1) is 0 Å². The van der Waals surface area contributed by atoms with E-state index >= 15 is 0 Å². The summed E-state index contributed by atoms with van der Waals surface area (Å²) in [6.07, 6.45) is 0. The van der Waals surface area contributed by atoms with Gasteiger partial charge in [-0.25, -0.2) is 4.98 Å². The van der Waals surface area contributed by atoms with Crippen LogP contribution in [0.15, 0.2) is 60.7 Å². The lowest BCUT2D eigenvalue weighted by atomic mass is 10.1. The summed E-state index contributed by atoms with van der Waals surface area (Å²) in [5.41, 5.74) is 3.63. The molecule has 0 fully saturated rings. The zero-order valence-corrected chi connectivity index (χ0v) is 14.6. The van der Waals surface area contributed by atoms with Gasteiger partial charge in [0.25, 0.3) is 0 Å². The molecule has 0 aliphatic carbocycles. The third-order valence-corrected chi connectivity index (χ3v) is 4.08. The molecule has 1 heterocycles. The number of benzene rings is 2. The molecule has 0 aliphatic rings. The molecule has 0 radical (unpaired) electrons. The molecule has 0 saturated carbocycles.